The van der Waals surface area contributed by atoms with Gasteiger partial charge in [0.05, 0.1) is 25.9 Å². The van der Waals surface area contributed by atoms with Gasteiger partial charge in [0, 0.05) is 53.4 Å². The van der Waals surface area contributed by atoms with Crippen molar-refractivity contribution >= 4 is 11.9 Å². The molecule has 0 bridgehead atoms. The van der Waals surface area contributed by atoms with Gasteiger partial charge >= 0.3 is 0 Å². The Morgan fingerprint density at radius 2 is 2.15 bits per heavy atom. The van der Waals surface area contributed by atoms with Crippen LogP contribution in [0, 0.1) is 5.92 Å². The number of likely N-dealkylation sites (N-methyl/N-ethyl adjacent to an activating group) is 1. The van der Waals surface area contributed by atoms with E-state index in [1.165, 1.54) is 6.42 Å². The average Bonchev–Trinajstić information content (AvgIpc) is 3.14. The van der Waals surface area contributed by atoms with Gasteiger partial charge in [-0.1, -0.05) is 0 Å². The zero-order valence-electron chi connectivity index (χ0n) is 17.1. The highest BCUT2D eigenvalue weighted by molar-refractivity contribution is 5.85. The van der Waals surface area contributed by atoms with Gasteiger partial charge in [0.1, 0.15) is 6.54 Å². The van der Waals surface area contributed by atoms with Gasteiger partial charge in [-0.15, -0.1) is 0 Å². The van der Waals surface area contributed by atoms with Crippen molar-refractivity contribution in [3.8, 4) is 0 Å². The van der Waals surface area contributed by atoms with E-state index in [0.717, 1.165) is 58.1 Å². The molecule has 2 unspecified atom stereocenters. The minimum Gasteiger partial charge on any atom is -0.382 e. The summed E-state index contributed by atoms with van der Waals surface area (Å²) in [5.74, 6) is 1.28. The molecule has 1 amide bonds. The van der Waals surface area contributed by atoms with Crippen molar-refractivity contribution in [3.05, 3.63) is 0 Å². The lowest BCUT2D eigenvalue weighted by atomic mass is 10.1. The van der Waals surface area contributed by atoms with Crippen LogP contribution in [0.2, 0.25) is 0 Å². The van der Waals surface area contributed by atoms with Gasteiger partial charge in [0.25, 0.3) is 0 Å². The highest BCUT2D eigenvalue weighted by Gasteiger charge is 2.26. The number of carbonyl (C=O) groups excluding carboxylic acids is 1. The van der Waals surface area contributed by atoms with Gasteiger partial charge in [0.2, 0.25) is 5.91 Å². The molecule has 0 saturated carbocycles. The summed E-state index contributed by atoms with van der Waals surface area (Å²) in [4.78, 5) is 20.3. The molecule has 2 saturated heterocycles. The van der Waals surface area contributed by atoms with Crippen molar-refractivity contribution in [2.45, 2.75) is 31.8 Å². The van der Waals surface area contributed by atoms with Crippen molar-refractivity contribution in [1.82, 2.24) is 15.1 Å². The lowest BCUT2D eigenvalue weighted by Crippen LogP contribution is -2.45. The van der Waals surface area contributed by atoms with E-state index in [2.05, 4.69) is 15.2 Å². The molecule has 0 radical (unpaired) electrons. The van der Waals surface area contributed by atoms with Crippen LogP contribution in [0.15, 0.2) is 4.99 Å². The second-order valence-electron chi connectivity index (χ2n) is 7.47. The fourth-order valence-corrected chi connectivity index (χ4v) is 3.28. The van der Waals surface area contributed by atoms with Gasteiger partial charge in [-0.25, -0.2) is 4.99 Å². The SMILES string of the molecule is COCCOCC1CCN(C(=NCC(=O)N(C)C)NCC2CCCCO2)C1. The number of amides is 1. The number of carbonyl (C=O) groups is 1. The van der Waals surface area contributed by atoms with Gasteiger partial charge in [-0.3, -0.25) is 4.79 Å². The van der Waals surface area contributed by atoms with E-state index in [1.807, 2.05) is 0 Å². The summed E-state index contributed by atoms with van der Waals surface area (Å²) in [6, 6.07) is 0. The second kappa shape index (κ2) is 12.2. The Bertz CT molecular complexity index is 467. The van der Waals surface area contributed by atoms with Crippen LogP contribution in [-0.2, 0) is 19.0 Å². The molecule has 2 rings (SSSR count). The molecule has 0 aromatic carbocycles. The number of likely N-dealkylation sites (tertiary alicyclic amines) is 1. The van der Waals surface area contributed by atoms with E-state index in [4.69, 9.17) is 14.2 Å². The van der Waals surface area contributed by atoms with Crippen LogP contribution in [0.1, 0.15) is 25.7 Å². The van der Waals surface area contributed by atoms with Gasteiger partial charge < -0.3 is 29.3 Å². The smallest absolute Gasteiger partial charge is 0.243 e. The van der Waals surface area contributed by atoms with Crippen LogP contribution in [0.4, 0.5) is 0 Å². The zero-order valence-corrected chi connectivity index (χ0v) is 17.1. The van der Waals surface area contributed by atoms with E-state index in [1.54, 1.807) is 26.1 Å². The zero-order chi connectivity index (χ0) is 19.5. The fourth-order valence-electron chi connectivity index (χ4n) is 3.28. The summed E-state index contributed by atoms with van der Waals surface area (Å²) in [7, 11) is 5.19. The third kappa shape index (κ3) is 8.02. The molecule has 2 atom stereocenters. The van der Waals surface area contributed by atoms with Crippen LogP contribution < -0.4 is 5.32 Å². The third-order valence-electron chi connectivity index (χ3n) is 5.00. The maximum absolute atomic E-state index is 12.0. The summed E-state index contributed by atoms with van der Waals surface area (Å²) in [6.07, 6.45) is 4.72. The summed E-state index contributed by atoms with van der Waals surface area (Å²) < 4.78 is 16.5. The molecule has 0 spiro atoms. The van der Waals surface area contributed by atoms with E-state index < -0.39 is 0 Å². The number of hydrogen-bond acceptors (Lipinski definition) is 5. The topological polar surface area (TPSA) is 75.6 Å². The van der Waals surface area contributed by atoms with Crippen LogP contribution in [-0.4, -0.2) is 102 Å². The Hall–Kier alpha value is -1.38. The number of aliphatic imine (C=N–C) groups is 1. The summed E-state index contributed by atoms with van der Waals surface area (Å²) in [5.41, 5.74) is 0. The van der Waals surface area contributed by atoms with Crippen LogP contribution >= 0.6 is 0 Å². The minimum atomic E-state index is 0.00172. The Balaban J connectivity index is 1.86. The molecule has 8 heteroatoms. The number of guanidine groups is 1. The first kappa shape index (κ1) is 21.9. The first-order valence-corrected chi connectivity index (χ1v) is 10.0. The third-order valence-corrected chi connectivity index (χ3v) is 5.00. The predicted octanol–water partition coefficient (Wildman–Crippen LogP) is 0.574. The molecule has 0 aromatic heterocycles. The molecule has 0 aromatic rings. The molecular weight excluding hydrogens is 348 g/mol. The van der Waals surface area contributed by atoms with E-state index >= 15 is 0 Å². The first-order chi connectivity index (χ1) is 13.1. The molecular formula is C19H36N4O4. The summed E-state index contributed by atoms with van der Waals surface area (Å²) >= 11 is 0. The molecule has 156 valence electrons. The second-order valence-corrected chi connectivity index (χ2v) is 7.47. The molecule has 27 heavy (non-hydrogen) atoms. The maximum Gasteiger partial charge on any atom is 0.243 e. The number of ether oxygens (including phenoxy) is 3. The Labute approximate surface area is 163 Å². The number of hydrogen-bond donors (Lipinski definition) is 1. The van der Waals surface area contributed by atoms with Gasteiger partial charge in [-0.05, 0) is 25.7 Å². The highest BCUT2D eigenvalue weighted by Crippen LogP contribution is 2.17. The van der Waals surface area contributed by atoms with Crippen molar-refractivity contribution < 1.29 is 19.0 Å². The lowest BCUT2D eigenvalue weighted by molar-refractivity contribution is -0.127. The predicted molar refractivity (Wildman–Crippen MR) is 105 cm³/mol. The van der Waals surface area contributed by atoms with E-state index in [9.17, 15) is 4.79 Å². The quantitative estimate of drug-likeness (QED) is 0.356. The largest absolute Gasteiger partial charge is 0.382 e. The summed E-state index contributed by atoms with van der Waals surface area (Å²) in [6.45, 7) is 5.53. The molecule has 1 N–H and O–H groups in total. The van der Waals surface area contributed by atoms with Crippen LogP contribution in [0.5, 0.6) is 0 Å². The van der Waals surface area contributed by atoms with Gasteiger partial charge in [0.15, 0.2) is 5.96 Å². The minimum absolute atomic E-state index is 0.00172. The average molecular weight is 385 g/mol. The molecule has 2 fully saturated rings. The monoisotopic (exact) mass is 384 g/mol. The maximum atomic E-state index is 12.0. The van der Waals surface area contributed by atoms with E-state index in [0.29, 0.717) is 19.1 Å². The van der Waals surface area contributed by atoms with Crippen LogP contribution in [0.3, 0.4) is 0 Å². The molecule has 0 aliphatic carbocycles. The van der Waals surface area contributed by atoms with Gasteiger partial charge in [-0.2, -0.15) is 0 Å². The normalized spacial score (nSPS) is 23.5. The number of rotatable bonds is 9. The Morgan fingerprint density at radius 3 is 2.85 bits per heavy atom. The van der Waals surface area contributed by atoms with Crippen LogP contribution in [0.25, 0.3) is 0 Å². The first-order valence-electron chi connectivity index (χ1n) is 10.0. The molecule has 2 aliphatic rings. The number of nitrogens with zero attached hydrogens (tertiary/aromatic N) is 3. The molecule has 2 heterocycles. The van der Waals surface area contributed by atoms with Crippen molar-refractivity contribution in [1.29, 1.82) is 0 Å². The van der Waals surface area contributed by atoms with Crippen molar-refractivity contribution in [2.24, 2.45) is 10.9 Å². The van der Waals surface area contributed by atoms with Crippen molar-refractivity contribution in [3.63, 3.8) is 0 Å². The lowest BCUT2D eigenvalue weighted by Gasteiger charge is -2.27. The Morgan fingerprint density at radius 1 is 1.30 bits per heavy atom. The number of methoxy groups -OCH3 is 1. The highest BCUT2D eigenvalue weighted by atomic mass is 16.5. The van der Waals surface area contributed by atoms with E-state index in [-0.39, 0.29) is 18.6 Å². The molecule has 2 aliphatic heterocycles. The fraction of sp³-hybridized carbons (Fsp3) is 0.895. The Kier molecular flexibility index (Phi) is 9.86. The van der Waals surface area contributed by atoms with Crippen molar-refractivity contribution in [2.75, 3.05) is 73.8 Å². The standard InChI is InChI=1S/C19H36N4O4/c1-22(2)18(24)13-21-19(20-12-17-6-4-5-9-27-17)23-8-7-16(14-23)15-26-11-10-25-3/h16-17H,4-15H2,1-3H3,(H,20,21). The number of nitrogens with one attached hydrogen (secondary N) is 1. The summed E-state index contributed by atoms with van der Waals surface area (Å²) in [5, 5.41) is 3.44. The molecule has 8 nitrogen and oxygen atoms in total.